The van der Waals surface area contributed by atoms with Crippen molar-refractivity contribution in [2.45, 2.75) is 45.2 Å². The Morgan fingerprint density at radius 1 is 1.56 bits per heavy atom. The molecule has 1 aromatic rings. The lowest BCUT2D eigenvalue weighted by Crippen LogP contribution is -2.46. The van der Waals surface area contributed by atoms with Crippen LogP contribution in [0.1, 0.15) is 44.6 Å². The van der Waals surface area contributed by atoms with Crippen LogP contribution in [0.5, 0.6) is 0 Å². The SMILES string of the molecule is COC(=O)C(C)(C)NCc1ccc(C2CC2C)o1. The van der Waals surface area contributed by atoms with Crippen molar-refractivity contribution in [2.75, 3.05) is 7.11 Å². The molecule has 1 aliphatic carbocycles. The summed E-state index contributed by atoms with van der Waals surface area (Å²) in [6.07, 6.45) is 1.22. The lowest BCUT2D eigenvalue weighted by molar-refractivity contribution is -0.147. The molecule has 0 radical (unpaired) electrons. The van der Waals surface area contributed by atoms with Crippen LogP contribution in [0.3, 0.4) is 0 Å². The first-order valence-corrected chi connectivity index (χ1v) is 6.36. The Hall–Kier alpha value is -1.29. The van der Waals surface area contributed by atoms with Crippen molar-refractivity contribution in [3.8, 4) is 0 Å². The molecule has 2 atom stereocenters. The number of methoxy groups -OCH3 is 1. The molecule has 100 valence electrons. The van der Waals surface area contributed by atoms with Crippen LogP contribution in [0.2, 0.25) is 0 Å². The number of ether oxygens (including phenoxy) is 1. The van der Waals surface area contributed by atoms with E-state index >= 15 is 0 Å². The van der Waals surface area contributed by atoms with E-state index in [4.69, 9.17) is 9.15 Å². The second-order valence-electron chi connectivity index (χ2n) is 5.59. The van der Waals surface area contributed by atoms with Crippen LogP contribution in [0.15, 0.2) is 16.5 Å². The largest absolute Gasteiger partial charge is 0.468 e. The van der Waals surface area contributed by atoms with Gasteiger partial charge >= 0.3 is 5.97 Å². The topological polar surface area (TPSA) is 51.5 Å². The molecular formula is C14H21NO3. The first kappa shape index (κ1) is 13.1. The zero-order valence-corrected chi connectivity index (χ0v) is 11.4. The van der Waals surface area contributed by atoms with Crippen LogP contribution in [0.4, 0.5) is 0 Å². The van der Waals surface area contributed by atoms with Crippen molar-refractivity contribution in [1.29, 1.82) is 0 Å². The number of carbonyl (C=O) groups excluding carboxylic acids is 1. The predicted octanol–water partition coefficient (Wildman–Crippen LogP) is 2.44. The molecule has 1 N–H and O–H groups in total. The fourth-order valence-corrected chi connectivity index (χ4v) is 2.04. The Kier molecular flexibility index (Phi) is 3.48. The summed E-state index contributed by atoms with van der Waals surface area (Å²) >= 11 is 0. The van der Waals surface area contributed by atoms with Crippen molar-refractivity contribution in [2.24, 2.45) is 5.92 Å². The van der Waals surface area contributed by atoms with Gasteiger partial charge in [-0.15, -0.1) is 0 Å². The molecule has 4 heteroatoms. The lowest BCUT2D eigenvalue weighted by atomic mass is 10.1. The quantitative estimate of drug-likeness (QED) is 0.817. The van der Waals surface area contributed by atoms with E-state index in [-0.39, 0.29) is 5.97 Å². The number of furan rings is 1. The van der Waals surface area contributed by atoms with Gasteiger partial charge in [-0.3, -0.25) is 10.1 Å². The highest BCUT2D eigenvalue weighted by Crippen LogP contribution is 2.47. The van der Waals surface area contributed by atoms with Gasteiger partial charge in [0.05, 0.1) is 13.7 Å². The normalized spacial score (nSPS) is 22.9. The molecule has 4 nitrogen and oxygen atoms in total. The number of hydrogen-bond donors (Lipinski definition) is 1. The molecule has 0 spiro atoms. The highest BCUT2D eigenvalue weighted by molar-refractivity contribution is 5.79. The highest BCUT2D eigenvalue weighted by Gasteiger charge is 2.36. The summed E-state index contributed by atoms with van der Waals surface area (Å²) in [4.78, 5) is 11.5. The van der Waals surface area contributed by atoms with Crippen molar-refractivity contribution in [1.82, 2.24) is 5.32 Å². The minimum Gasteiger partial charge on any atom is -0.468 e. The molecule has 2 rings (SSSR count). The standard InChI is InChI=1S/C14H21NO3/c1-9-7-11(9)12-6-5-10(18-12)8-15-14(2,3)13(16)17-4/h5-6,9,11,15H,7-8H2,1-4H3. The summed E-state index contributed by atoms with van der Waals surface area (Å²) in [5.41, 5.74) is -0.700. The first-order chi connectivity index (χ1) is 8.44. The number of hydrogen-bond acceptors (Lipinski definition) is 4. The molecule has 1 aromatic heterocycles. The second-order valence-corrected chi connectivity index (χ2v) is 5.59. The van der Waals surface area contributed by atoms with Crippen LogP contribution in [-0.2, 0) is 16.1 Å². The van der Waals surface area contributed by atoms with Crippen LogP contribution < -0.4 is 5.32 Å². The van der Waals surface area contributed by atoms with E-state index in [2.05, 4.69) is 12.2 Å². The maximum Gasteiger partial charge on any atom is 0.325 e. The maximum atomic E-state index is 11.5. The Balaban J connectivity index is 1.90. The van der Waals surface area contributed by atoms with Gasteiger partial charge in [0.25, 0.3) is 0 Å². The van der Waals surface area contributed by atoms with Crippen molar-refractivity contribution in [3.05, 3.63) is 23.7 Å². The lowest BCUT2D eigenvalue weighted by Gasteiger charge is -2.22. The zero-order chi connectivity index (χ0) is 13.3. The number of nitrogens with one attached hydrogen (secondary N) is 1. The Labute approximate surface area is 108 Å². The molecule has 1 heterocycles. The average molecular weight is 251 g/mol. The summed E-state index contributed by atoms with van der Waals surface area (Å²) in [7, 11) is 1.39. The molecule has 1 aliphatic rings. The van der Waals surface area contributed by atoms with E-state index in [1.165, 1.54) is 13.5 Å². The van der Waals surface area contributed by atoms with Crippen molar-refractivity contribution in [3.63, 3.8) is 0 Å². The molecule has 0 aromatic carbocycles. The van der Waals surface area contributed by atoms with E-state index in [9.17, 15) is 4.79 Å². The molecule has 0 bridgehead atoms. The zero-order valence-electron chi connectivity index (χ0n) is 11.4. The number of rotatable bonds is 5. The van der Waals surface area contributed by atoms with Gasteiger partial charge < -0.3 is 9.15 Å². The summed E-state index contributed by atoms with van der Waals surface area (Å²) in [5, 5.41) is 3.14. The first-order valence-electron chi connectivity index (χ1n) is 6.36. The average Bonchev–Trinajstić information content (AvgIpc) is 2.89. The van der Waals surface area contributed by atoms with Gasteiger partial charge in [0.2, 0.25) is 0 Å². The summed E-state index contributed by atoms with van der Waals surface area (Å²) in [5.74, 6) is 2.98. The van der Waals surface area contributed by atoms with Gasteiger partial charge in [0, 0.05) is 5.92 Å². The molecule has 2 unspecified atom stereocenters. The maximum absolute atomic E-state index is 11.5. The summed E-state index contributed by atoms with van der Waals surface area (Å²) < 4.78 is 10.5. The Morgan fingerprint density at radius 2 is 2.22 bits per heavy atom. The molecule has 0 aliphatic heterocycles. The number of esters is 1. The third kappa shape index (κ3) is 2.75. The van der Waals surface area contributed by atoms with Crippen LogP contribution in [-0.4, -0.2) is 18.6 Å². The summed E-state index contributed by atoms with van der Waals surface area (Å²) in [6, 6.07) is 4.01. The molecule has 18 heavy (non-hydrogen) atoms. The minimum atomic E-state index is -0.700. The van der Waals surface area contributed by atoms with E-state index < -0.39 is 5.54 Å². The van der Waals surface area contributed by atoms with Gasteiger partial charge in [-0.25, -0.2) is 0 Å². The van der Waals surface area contributed by atoms with Gasteiger partial charge in [0.1, 0.15) is 17.1 Å². The van der Waals surface area contributed by atoms with Gasteiger partial charge in [-0.1, -0.05) is 6.92 Å². The van der Waals surface area contributed by atoms with Crippen molar-refractivity contribution < 1.29 is 13.9 Å². The van der Waals surface area contributed by atoms with E-state index in [1.807, 2.05) is 12.1 Å². The van der Waals surface area contributed by atoms with E-state index in [0.29, 0.717) is 12.5 Å². The monoisotopic (exact) mass is 251 g/mol. The number of carbonyl (C=O) groups is 1. The molecule has 0 amide bonds. The smallest absolute Gasteiger partial charge is 0.325 e. The molecular weight excluding hydrogens is 230 g/mol. The van der Waals surface area contributed by atoms with Crippen LogP contribution >= 0.6 is 0 Å². The third-order valence-electron chi connectivity index (χ3n) is 3.56. The van der Waals surface area contributed by atoms with Gasteiger partial charge in [0.15, 0.2) is 0 Å². The fourth-order valence-electron chi connectivity index (χ4n) is 2.04. The van der Waals surface area contributed by atoms with Crippen LogP contribution in [0.25, 0.3) is 0 Å². The Morgan fingerprint density at radius 3 is 2.78 bits per heavy atom. The van der Waals surface area contributed by atoms with E-state index in [0.717, 1.165) is 17.4 Å². The predicted molar refractivity (Wildman–Crippen MR) is 68.2 cm³/mol. The van der Waals surface area contributed by atoms with Crippen molar-refractivity contribution >= 4 is 5.97 Å². The fraction of sp³-hybridized carbons (Fsp3) is 0.643. The van der Waals surface area contributed by atoms with Crippen LogP contribution in [0, 0.1) is 5.92 Å². The molecule has 1 saturated carbocycles. The highest BCUT2D eigenvalue weighted by atomic mass is 16.5. The second kappa shape index (κ2) is 4.76. The van der Waals surface area contributed by atoms with E-state index in [1.54, 1.807) is 13.8 Å². The minimum absolute atomic E-state index is 0.273. The Bertz CT molecular complexity index is 436. The van der Waals surface area contributed by atoms with Gasteiger partial charge in [-0.2, -0.15) is 0 Å². The van der Waals surface area contributed by atoms with Gasteiger partial charge in [-0.05, 0) is 38.3 Å². The molecule has 1 fully saturated rings. The molecule has 0 saturated heterocycles. The third-order valence-corrected chi connectivity index (χ3v) is 3.56. The summed E-state index contributed by atoms with van der Waals surface area (Å²) in [6.45, 7) is 6.35.